The number of methoxy groups -OCH3 is 1. The summed E-state index contributed by atoms with van der Waals surface area (Å²) in [6, 6.07) is 7.79. The van der Waals surface area contributed by atoms with Crippen LogP contribution in [0.4, 0.5) is 0 Å². The van der Waals surface area contributed by atoms with Gasteiger partial charge in [-0.2, -0.15) is 0 Å². The van der Waals surface area contributed by atoms with E-state index in [-0.39, 0.29) is 5.91 Å². The average molecular weight is 357 g/mol. The van der Waals surface area contributed by atoms with Gasteiger partial charge in [-0.1, -0.05) is 13.3 Å². The van der Waals surface area contributed by atoms with Crippen molar-refractivity contribution in [3.05, 3.63) is 41.5 Å². The summed E-state index contributed by atoms with van der Waals surface area (Å²) < 4.78 is 7.10. The van der Waals surface area contributed by atoms with Gasteiger partial charge in [0.15, 0.2) is 4.96 Å². The fourth-order valence-corrected chi connectivity index (χ4v) is 3.60. The number of thiazole rings is 1. The predicted octanol–water partition coefficient (Wildman–Crippen LogP) is 4.33. The molecule has 0 atom stereocenters. The molecule has 0 saturated carbocycles. The molecule has 132 valence electrons. The van der Waals surface area contributed by atoms with Crippen LogP contribution in [0.2, 0.25) is 0 Å². The number of ether oxygens (including phenoxy) is 1. The standard InChI is InChI=1S/C19H23N3O2S/c1-4-6-11-21(5-2)18(23)17-13-25-19-20-16(12-22(17)19)14-7-9-15(24-3)10-8-14/h7-10,12-13H,4-6,11H2,1-3H3. The summed E-state index contributed by atoms with van der Waals surface area (Å²) in [5, 5.41) is 1.90. The van der Waals surface area contributed by atoms with Gasteiger partial charge >= 0.3 is 0 Å². The van der Waals surface area contributed by atoms with E-state index in [1.807, 2.05) is 52.1 Å². The smallest absolute Gasteiger partial charge is 0.271 e. The first-order chi connectivity index (χ1) is 12.2. The van der Waals surface area contributed by atoms with Crippen LogP contribution < -0.4 is 4.74 Å². The molecule has 3 rings (SSSR count). The molecule has 0 N–H and O–H groups in total. The first-order valence-electron chi connectivity index (χ1n) is 8.58. The average Bonchev–Trinajstić information content (AvgIpc) is 3.23. The highest BCUT2D eigenvalue weighted by Crippen LogP contribution is 2.26. The number of hydrogen-bond donors (Lipinski definition) is 0. The number of benzene rings is 1. The molecule has 0 bridgehead atoms. The van der Waals surface area contributed by atoms with Gasteiger partial charge in [0, 0.05) is 30.2 Å². The third kappa shape index (κ3) is 3.54. The maximum absolute atomic E-state index is 12.9. The lowest BCUT2D eigenvalue weighted by atomic mass is 10.2. The fraction of sp³-hybridized carbons (Fsp3) is 0.368. The van der Waals surface area contributed by atoms with Gasteiger partial charge in [-0.15, -0.1) is 11.3 Å². The van der Waals surface area contributed by atoms with Crippen LogP contribution in [0.5, 0.6) is 5.75 Å². The minimum absolute atomic E-state index is 0.0703. The quantitative estimate of drug-likeness (QED) is 0.632. The maximum Gasteiger partial charge on any atom is 0.271 e. The number of nitrogens with zero attached hydrogens (tertiary/aromatic N) is 3. The monoisotopic (exact) mass is 357 g/mol. The van der Waals surface area contributed by atoms with Crippen molar-refractivity contribution >= 4 is 22.2 Å². The number of carbonyl (C=O) groups is 1. The number of fused-ring (bicyclic) bond motifs is 1. The van der Waals surface area contributed by atoms with E-state index in [1.165, 1.54) is 11.3 Å². The van der Waals surface area contributed by atoms with Crippen molar-refractivity contribution in [2.75, 3.05) is 20.2 Å². The van der Waals surface area contributed by atoms with Crippen LogP contribution in [-0.4, -0.2) is 40.4 Å². The molecular weight excluding hydrogens is 334 g/mol. The molecule has 1 aromatic carbocycles. The molecule has 1 amide bonds. The summed E-state index contributed by atoms with van der Waals surface area (Å²) in [7, 11) is 1.65. The van der Waals surface area contributed by atoms with Gasteiger partial charge in [0.1, 0.15) is 11.4 Å². The Bertz CT molecular complexity index is 851. The summed E-state index contributed by atoms with van der Waals surface area (Å²) in [6.45, 7) is 5.67. The van der Waals surface area contributed by atoms with Gasteiger partial charge < -0.3 is 9.64 Å². The van der Waals surface area contributed by atoms with E-state index in [0.29, 0.717) is 5.69 Å². The molecule has 6 heteroatoms. The summed E-state index contributed by atoms with van der Waals surface area (Å²) in [5.41, 5.74) is 2.55. The molecule has 0 radical (unpaired) electrons. The highest BCUT2D eigenvalue weighted by atomic mass is 32.1. The zero-order valence-corrected chi connectivity index (χ0v) is 15.7. The number of imidazole rings is 1. The second kappa shape index (κ2) is 7.70. The fourth-order valence-electron chi connectivity index (χ4n) is 2.75. The lowest BCUT2D eigenvalue weighted by molar-refractivity contribution is 0.0755. The van der Waals surface area contributed by atoms with E-state index < -0.39 is 0 Å². The van der Waals surface area contributed by atoms with Crippen LogP contribution in [0.3, 0.4) is 0 Å². The SMILES string of the molecule is CCCCN(CC)C(=O)c1csc2nc(-c3ccc(OC)cc3)cn12. The molecule has 0 fully saturated rings. The third-order valence-corrected chi connectivity index (χ3v) is 5.10. The molecule has 0 aliphatic rings. The summed E-state index contributed by atoms with van der Waals surface area (Å²) in [4.78, 5) is 20.2. The number of carbonyl (C=O) groups excluding carboxylic acids is 1. The van der Waals surface area contributed by atoms with Gasteiger partial charge in [0.05, 0.1) is 12.8 Å². The molecule has 2 heterocycles. The van der Waals surface area contributed by atoms with Crippen molar-refractivity contribution in [3.63, 3.8) is 0 Å². The van der Waals surface area contributed by atoms with Crippen molar-refractivity contribution < 1.29 is 9.53 Å². The van der Waals surface area contributed by atoms with Gasteiger partial charge in [0.25, 0.3) is 5.91 Å². The van der Waals surface area contributed by atoms with Crippen molar-refractivity contribution in [2.24, 2.45) is 0 Å². The maximum atomic E-state index is 12.9. The highest BCUT2D eigenvalue weighted by Gasteiger charge is 2.19. The molecule has 0 unspecified atom stereocenters. The molecule has 2 aromatic heterocycles. The van der Waals surface area contributed by atoms with Crippen molar-refractivity contribution in [2.45, 2.75) is 26.7 Å². The molecule has 0 aliphatic carbocycles. The van der Waals surface area contributed by atoms with Crippen LogP contribution in [0.1, 0.15) is 37.2 Å². The van der Waals surface area contributed by atoms with E-state index in [1.54, 1.807) is 7.11 Å². The van der Waals surface area contributed by atoms with Gasteiger partial charge in [-0.05, 0) is 37.6 Å². The number of rotatable bonds is 7. The predicted molar refractivity (Wildman–Crippen MR) is 102 cm³/mol. The lowest BCUT2D eigenvalue weighted by Crippen LogP contribution is -2.32. The normalized spacial score (nSPS) is 11.0. The van der Waals surface area contributed by atoms with Crippen molar-refractivity contribution in [1.82, 2.24) is 14.3 Å². The van der Waals surface area contributed by atoms with Gasteiger partial charge in [-0.25, -0.2) is 4.98 Å². The Morgan fingerprint density at radius 2 is 2.04 bits per heavy atom. The number of aromatic nitrogens is 2. The summed E-state index contributed by atoms with van der Waals surface area (Å²) >= 11 is 1.50. The summed E-state index contributed by atoms with van der Waals surface area (Å²) in [5.74, 6) is 0.885. The Morgan fingerprint density at radius 3 is 2.68 bits per heavy atom. The van der Waals surface area contributed by atoms with Crippen LogP contribution >= 0.6 is 11.3 Å². The van der Waals surface area contributed by atoms with Crippen LogP contribution in [0, 0.1) is 0 Å². The van der Waals surface area contributed by atoms with Gasteiger partial charge in [-0.3, -0.25) is 9.20 Å². The highest BCUT2D eigenvalue weighted by molar-refractivity contribution is 7.15. The minimum Gasteiger partial charge on any atom is -0.497 e. The van der Waals surface area contributed by atoms with Crippen molar-refractivity contribution in [1.29, 1.82) is 0 Å². The minimum atomic E-state index is 0.0703. The number of hydrogen-bond acceptors (Lipinski definition) is 4. The molecule has 0 aliphatic heterocycles. The van der Waals surface area contributed by atoms with Crippen LogP contribution in [0.15, 0.2) is 35.8 Å². The van der Waals surface area contributed by atoms with E-state index >= 15 is 0 Å². The first-order valence-corrected chi connectivity index (χ1v) is 9.46. The Labute approximate surface area is 151 Å². The molecule has 3 aromatic rings. The second-order valence-electron chi connectivity index (χ2n) is 5.87. The van der Waals surface area contributed by atoms with Crippen LogP contribution in [-0.2, 0) is 0 Å². The van der Waals surface area contributed by atoms with Crippen LogP contribution in [0.25, 0.3) is 16.2 Å². The Kier molecular flexibility index (Phi) is 5.38. The zero-order valence-electron chi connectivity index (χ0n) is 14.9. The topological polar surface area (TPSA) is 46.8 Å². The third-order valence-electron chi connectivity index (χ3n) is 4.26. The molecular formula is C19H23N3O2S. The molecule has 0 saturated heterocycles. The van der Waals surface area contributed by atoms with E-state index in [4.69, 9.17) is 4.74 Å². The van der Waals surface area contributed by atoms with E-state index in [9.17, 15) is 4.79 Å². The number of unbranched alkanes of at least 4 members (excludes halogenated alkanes) is 1. The Balaban J connectivity index is 1.90. The first kappa shape index (κ1) is 17.5. The Hall–Kier alpha value is -2.34. The van der Waals surface area contributed by atoms with Crippen molar-refractivity contribution in [3.8, 4) is 17.0 Å². The zero-order chi connectivity index (χ0) is 17.8. The molecule has 25 heavy (non-hydrogen) atoms. The number of amides is 1. The Morgan fingerprint density at radius 1 is 1.28 bits per heavy atom. The van der Waals surface area contributed by atoms with E-state index in [2.05, 4.69) is 11.9 Å². The van der Waals surface area contributed by atoms with E-state index in [0.717, 1.165) is 47.9 Å². The molecule has 5 nitrogen and oxygen atoms in total. The second-order valence-corrected chi connectivity index (χ2v) is 6.70. The summed E-state index contributed by atoms with van der Waals surface area (Å²) in [6.07, 6.45) is 4.04. The lowest BCUT2D eigenvalue weighted by Gasteiger charge is -2.19. The largest absolute Gasteiger partial charge is 0.497 e. The molecule has 0 spiro atoms. The van der Waals surface area contributed by atoms with Gasteiger partial charge in [0.2, 0.25) is 0 Å².